The maximum Gasteiger partial charge on any atom is 0.230 e. The first-order valence-corrected chi connectivity index (χ1v) is 15.3. The minimum absolute atomic E-state index is 0.0802. The van der Waals surface area contributed by atoms with Gasteiger partial charge in [-0.15, -0.1) is 0 Å². The Bertz CT molecular complexity index is 1090. The van der Waals surface area contributed by atoms with Gasteiger partial charge in [-0.3, -0.25) is 9.59 Å². The summed E-state index contributed by atoms with van der Waals surface area (Å²) < 4.78 is 0. The van der Waals surface area contributed by atoms with Crippen LogP contribution in [0.1, 0.15) is 57.9 Å². The van der Waals surface area contributed by atoms with E-state index in [1.54, 1.807) is 18.2 Å². The molecule has 1 aromatic carbocycles. The summed E-state index contributed by atoms with van der Waals surface area (Å²) in [7, 11) is 0. The van der Waals surface area contributed by atoms with E-state index in [2.05, 4.69) is 34.0 Å². The van der Waals surface area contributed by atoms with Crippen molar-refractivity contribution in [1.82, 2.24) is 20.2 Å². The number of halogens is 3. The van der Waals surface area contributed by atoms with Crippen molar-refractivity contribution in [3.63, 3.8) is 0 Å². The second kappa shape index (κ2) is 15.8. The molecule has 38 heavy (non-hydrogen) atoms. The molecule has 3 rings (SSSR count). The Labute approximate surface area is 245 Å². The van der Waals surface area contributed by atoms with Crippen LogP contribution in [0.2, 0.25) is 15.2 Å². The van der Waals surface area contributed by atoms with Gasteiger partial charge in [-0.1, -0.05) is 85.2 Å². The van der Waals surface area contributed by atoms with Crippen LogP contribution in [0.5, 0.6) is 0 Å². The minimum atomic E-state index is -0.124. The molecular weight excluding hydrogens is 565 g/mol. The Morgan fingerprint density at radius 1 is 1.08 bits per heavy atom. The van der Waals surface area contributed by atoms with Crippen LogP contribution in [0, 0.1) is 0 Å². The van der Waals surface area contributed by atoms with Gasteiger partial charge in [-0.25, -0.2) is 9.97 Å². The van der Waals surface area contributed by atoms with Crippen molar-refractivity contribution < 1.29 is 9.59 Å². The molecule has 2 heterocycles. The molecule has 0 saturated carbocycles. The highest BCUT2D eigenvalue weighted by atomic mass is 35.5. The third-order valence-corrected chi connectivity index (χ3v) is 8.12. The van der Waals surface area contributed by atoms with Crippen LogP contribution >= 0.6 is 46.6 Å². The highest BCUT2D eigenvalue weighted by molar-refractivity contribution is 7.99. The summed E-state index contributed by atoms with van der Waals surface area (Å²) >= 11 is 19.7. The van der Waals surface area contributed by atoms with Gasteiger partial charge >= 0.3 is 0 Å². The molecule has 1 N–H and O–H groups in total. The van der Waals surface area contributed by atoms with Gasteiger partial charge in [0.25, 0.3) is 0 Å². The molecule has 1 atom stereocenters. The fraction of sp³-hybridized carbons (Fsp3) is 0.556. The van der Waals surface area contributed by atoms with Crippen molar-refractivity contribution in [2.24, 2.45) is 0 Å². The summed E-state index contributed by atoms with van der Waals surface area (Å²) in [5.74, 6) is 0.991. The van der Waals surface area contributed by atoms with Gasteiger partial charge in [0.05, 0.1) is 5.75 Å². The molecule has 0 radical (unpaired) electrons. The Morgan fingerprint density at radius 3 is 2.61 bits per heavy atom. The molecule has 1 aliphatic rings. The zero-order valence-electron chi connectivity index (χ0n) is 22.0. The Kier molecular flexibility index (Phi) is 12.8. The van der Waals surface area contributed by atoms with E-state index in [-0.39, 0.29) is 23.6 Å². The molecule has 2 amide bonds. The van der Waals surface area contributed by atoms with E-state index < -0.39 is 0 Å². The third kappa shape index (κ3) is 9.78. The van der Waals surface area contributed by atoms with Gasteiger partial charge < -0.3 is 15.1 Å². The molecule has 1 saturated heterocycles. The van der Waals surface area contributed by atoms with Crippen LogP contribution < -0.4 is 10.2 Å². The van der Waals surface area contributed by atoms with E-state index in [0.717, 1.165) is 18.4 Å². The number of hydrogen-bond donors (Lipinski definition) is 1. The van der Waals surface area contributed by atoms with Gasteiger partial charge in [0.15, 0.2) is 5.16 Å². The fourth-order valence-corrected chi connectivity index (χ4v) is 5.83. The van der Waals surface area contributed by atoms with Crippen LogP contribution in [-0.2, 0) is 16.0 Å². The maximum atomic E-state index is 12.7. The van der Waals surface area contributed by atoms with Gasteiger partial charge in [-0.2, -0.15) is 0 Å². The Balaban J connectivity index is 1.46. The number of carbonyl (C=O) groups excluding carboxylic acids is 2. The van der Waals surface area contributed by atoms with Gasteiger partial charge in [0.2, 0.25) is 11.8 Å². The predicted octanol–water partition coefficient (Wildman–Crippen LogP) is 6.29. The quantitative estimate of drug-likeness (QED) is 0.126. The summed E-state index contributed by atoms with van der Waals surface area (Å²) in [6, 6.07) is 7.15. The number of piperazine rings is 1. The first-order valence-electron chi connectivity index (χ1n) is 13.2. The average molecular weight is 601 g/mol. The molecule has 1 unspecified atom stereocenters. The van der Waals surface area contributed by atoms with Crippen molar-refractivity contribution in [3.8, 4) is 0 Å². The first-order chi connectivity index (χ1) is 18.3. The molecular formula is C27H36Cl3N5O2S. The Morgan fingerprint density at radius 2 is 1.87 bits per heavy atom. The van der Waals surface area contributed by atoms with Gasteiger partial charge in [0.1, 0.15) is 11.0 Å². The molecule has 208 valence electrons. The van der Waals surface area contributed by atoms with Crippen molar-refractivity contribution in [3.05, 3.63) is 45.0 Å². The van der Waals surface area contributed by atoms with Crippen LogP contribution in [0.4, 0.5) is 5.82 Å². The van der Waals surface area contributed by atoms with E-state index in [9.17, 15) is 9.59 Å². The lowest BCUT2D eigenvalue weighted by molar-refractivity contribution is -0.133. The average Bonchev–Trinajstić information content (AvgIpc) is 2.88. The van der Waals surface area contributed by atoms with Crippen molar-refractivity contribution >= 4 is 64.2 Å². The number of aromatic nitrogens is 2. The Hall–Kier alpha value is -1.74. The summed E-state index contributed by atoms with van der Waals surface area (Å²) in [6.07, 6.45) is 6.92. The van der Waals surface area contributed by atoms with Crippen LogP contribution in [-0.4, -0.2) is 64.7 Å². The number of nitrogens with one attached hydrogen (secondary N) is 1. The number of carbonyl (C=O) groups is 2. The highest BCUT2D eigenvalue weighted by Crippen LogP contribution is 2.25. The number of unbranched alkanes of at least 4 members (excludes halogenated alkanes) is 4. The number of thioether (sulfide) groups is 1. The largest absolute Gasteiger partial charge is 0.355 e. The molecule has 1 aromatic heterocycles. The van der Waals surface area contributed by atoms with E-state index in [1.165, 1.54) is 31.0 Å². The number of anilines is 1. The third-order valence-electron chi connectivity index (χ3n) is 6.49. The monoisotopic (exact) mass is 599 g/mol. The van der Waals surface area contributed by atoms with E-state index in [1.807, 2.05) is 11.0 Å². The maximum absolute atomic E-state index is 12.7. The number of benzene rings is 1. The second-order valence-electron chi connectivity index (χ2n) is 9.50. The number of nitrogens with zero attached hydrogens (tertiary/aromatic N) is 4. The lowest BCUT2D eigenvalue weighted by Crippen LogP contribution is -2.54. The molecule has 0 spiro atoms. The lowest BCUT2D eigenvalue weighted by atomic mass is 10.1. The number of hydrogen-bond acceptors (Lipinski definition) is 6. The fourth-order valence-electron chi connectivity index (χ4n) is 4.41. The summed E-state index contributed by atoms with van der Waals surface area (Å²) in [5, 5.41) is 4.83. The highest BCUT2D eigenvalue weighted by Gasteiger charge is 2.28. The summed E-state index contributed by atoms with van der Waals surface area (Å²) in [6.45, 7) is 6.73. The summed E-state index contributed by atoms with van der Waals surface area (Å²) in [5.41, 5.74) is 0.926. The number of amides is 2. The zero-order valence-corrected chi connectivity index (χ0v) is 25.1. The van der Waals surface area contributed by atoms with Crippen molar-refractivity contribution in [2.45, 2.75) is 70.0 Å². The molecule has 0 aliphatic carbocycles. The molecule has 1 aliphatic heterocycles. The molecule has 11 heteroatoms. The van der Waals surface area contributed by atoms with E-state index in [4.69, 9.17) is 34.8 Å². The number of rotatable bonds is 13. The van der Waals surface area contributed by atoms with E-state index in [0.29, 0.717) is 65.2 Å². The molecule has 0 bridgehead atoms. The smallest absolute Gasteiger partial charge is 0.230 e. The van der Waals surface area contributed by atoms with Crippen molar-refractivity contribution in [2.75, 3.05) is 36.8 Å². The molecule has 2 aromatic rings. The lowest BCUT2D eigenvalue weighted by Gasteiger charge is -2.40. The first kappa shape index (κ1) is 30.8. The molecule has 7 nitrogen and oxygen atoms in total. The van der Waals surface area contributed by atoms with Crippen LogP contribution in [0.15, 0.2) is 29.4 Å². The topological polar surface area (TPSA) is 78.4 Å². The normalized spacial score (nSPS) is 15.6. The van der Waals surface area contributed by atoms with Gasteiger partial charge in [-0.05, 0) is 37.5 Å². The van der Waals surface area contributed by atoms with Gasteiger partial charge in [0, 0.05) is 54.8 Å². The standard InChI is InChI=1S/C27H36Cl3N5O2S/c1-3-4-5-6-7-8-26(37)35-14-13-34(17-19(35)2)24-16-23(30)32-27(33-24)38-18-25(36)31-12-11-20-9-10-21(28)15-22(20)29/h9-10,15-16,19H,3-8,11-14,17-18H2,1-2H3,(H,31,36). The van der Waals surface area contributed by atoms with Crippen molar-refractivity contribution in [1.29, 1.82) is 0 Å². The molecule has 1 fully saturated rings. The minimum Gasteiger partial charge on any atom is -0.355 e. The summed E-state index contributed by atoms with van der Waals surface area (Å²) in [4.78, 5) is 38.1. The van der Waals surface area contributed by atoms with Crippen LogP contribution in [0.25, 0.3) is 0 Å². The predicted molar refractivity (Wildman–Crippen MR) is 158 cm³/mol. The zero-order chi connectivity index (χ0) is 27.5. The van der Waals surface area contributed by atoms with Crippen LogP contribution in [0.3, 0.4) is 0 Å². The SMILES string of the molecule is CCCCCCCC(=O)N1CCN(c2cc(Cl)nc(SCC(=O)NCCc3ccc(Cl)cc3Cl)n2)CC1C. The second-order valence-corrected chi connectivity index (χ2v) is 11.7. The van der Waals surface area contributed by atoms with E-state index >= 15 is 0 Å².